The molecule has 2 fully saturated rings. The lowest BCUT2D eigenvalue weighted by Crippen LogP contribution is -2.44. The van der Waals surface area contributed by atoms with Gasteiger partial charge in [0.05, 0.1) is 13.2 Å². The first-order chi connectivity index (χ1) is 10.7. The Labute approximate surface area is 134 Å². The highest BCUT2D eigenvalue weighted by Gasteiger charge is 2.54. The number of hydrogen-bond acceptors (Lipinski definition) is 2. The van der Waals surface area contributed by atoms with E-state index in [-0.39, 0.29) is 0 Å². The van der Waals surface area contributed by atoms with Crippen molar-refractivity contribution < 1.29 is 9.47 Å². The maximum atomic E-state index is 5.85. The Hall–Kier alpha value is -1.02. The van der Waals surface area contributed by atoms with Crippen LogP contribution >= 0.6 is 0 Å². The van der Waals surface area contributed by atoms with Crippen molar-refractivity contribution in [1.82, 2.24) is 0 Å². The van der Waals surface area contributed by atoms with Gasteiger partial charge in [0.2, 0.25) is 0 Å². The van der Waals surface area contributed by atoms with E-state index in [1.807, 2.05) is 7.11 Å². The van der Waals surface area contributed by atoms with E-state index in [0.717, 1.165) is 23.5 Å². The molecule has 3 aliphatic carbocycles. The summed E-state index contributed by atoms with van der Waals surface area (Å²) in [6.45, 7) is 2.50. The molecule has 0 aliphatic heterocycles. The van der Waals surface area contributed by atoms with Gasteiger partial charge in [0.25, 0.3) is 0 Å². The van der Waals surface area contributed by atoms with Crippen LogP contribution in [0.4, 0.5) is 0 Å². The van der Waals surface area contributed by atoms with Crippen LogP contribution in [0, 0.1) is 17.3 Å². The number of benzene rings is 1. The van der Waals surface area contributed by atoms with Crippen molar-refractivity contribution in [3.8, 4) is 5.75 Å². The summed E-state index contributed by atoms with van der Waals surface area (Å²) >= 11 is 0. The van der Waals surface area contributed by atoms with Crippen molar-refractivity contribution >= 4 is 0 Å². The van der Waals surface area contributed by atoms with Crippen molar-refractivity contribution in [3.63, 3.8) is 0 Å². The second-order valence-electron chi connectivity index (χ2n) is 7.83. The van der Waals surface area contributed by atoms with E-state index in [1.165, 1.54) is 44.1 Å². The lowest BCUT2D eigenvalue weighted by molar-refractivity contribution is -0.0444. The second kappa shape index (κ2) is 5.26. The lowest BCUT2D eigenvalue weighted by atomic mass is 9.55. The standard InChI is InChI=1S/C20H28O2/c1-20-11-10-16-15-7-5-14(21-2)12-13(15)4-6-17(16)18(20)8-9-19(20)22-3/h5,7,12,16-19H,4,6,8-11H2,1-3H3/t16-,17-,18-,19+,20+/m1/s1. The van der Waals surface area contributed by atoms with Crippen molar-refractivity contribution in [3.05, 3.63) is 29.3 Å². The molecule has 0 N–H and O–H groups in total. The third kappa shape index (κ3) is 1.96. The first-order valence-corrected chi connectivity index (χ1v) is 8.87. The maximum Gasteiger partial charge on any atom is 0.119 e. The van der Waals surface area contributed by atoms with E-state index < -0.39 is 0 Å². The quantitative estimate of drug-likeness (QED) is 0.796. The molecular weight excluding hydrogens is 272 g/mol. The van der Waals surface area contributed by atoms with Gasteiger partial charge in [0, 0.05) is 7.11 Å². The highest BCUT2D eigenvalue weighted by Crippen LogP contribution is 2.61. The molecule has 3 aliphatic rings. The number of aryl methyl sites for hydroxylation is 1. The zero-order valence-corrected chi connectivity index (χ0v) is 14.1. The average molecular weight is 300 g/mol. The normalized spacial score (nSPS) is 39.8. The molecule has 0 heterocycles. The van der Waals surface area contributed by atoms with Gasteiger partial charge in [0.15, 0.2) is 0 Å². The van der Waals surface area contributed by atoms with Crippen molar-refractivity contribution in [2.75, 3.05) is 14.2 Å². The zero-order chi connectivity index (χ0) is 15.3. The van der Waals surface area contributed by atoms with Crippen LogP contribution < -0.4 is 4.74 Å². The van der Waals surface area contributed by atoms with Crippen LogP contribution in [-0.4, -0.2) is 20.3 Å². The van der Waals surface area contributed by atoms with Crippen LogP contribution in [0.3, 0.4) is 0 Å². The van der Waals surface area contributed by atoms with Crippen LogP contribution in [0.2, 0.25) is 0 Å². The topological polar surface area (TPSA) is 18.5 Å². The molecule has 1 aromatic carbocycles. The Kier molecular flexibility index (Phi) is 3.48. The van der Waals surface area contributed by atoms with E-state index >= 15 is 0 Å². The smallest absolute Gasteiger partial charge is 0.119 e. The highest BCUT2D eigenvalue weighted by molar-refractivity contribution is 5.40. The summed E-state index contributed by atoms with van der Waals surface area (Å²) in [6.07, 6.45) is 8.33. The number of rotatable bonds is 2. The molecule has 2 saturated carbocycles. The second-order valence-corrected chi connectivity index (χ2v) is 7.83. The van der Waals surface area contributed by atoms with Crippen molar-refractivity contribution in [2.24, 2.45) is 17.3 Å². The van der Waals surface area contributed by atoms with Gasteiger partial charge in [0.1, 0.15) is 5.75 Å². The van der Waals surface area contributed by atoms with E-state index in [4.69, 9.17) is 9.47 Å². The lowest BCUT2D eigenvalue weighted by Gasteiger charge is -2.50. The summed E-state index contributed by atoms with van der Waals surface area (Å²) in [4.78, 5) is 0. The molecule has 2 nitrogen and oxygen atoms in total. The summed E-state index contributed by atoms with van der Waals surface area (Å²) < 4.78 is 11.3. The summed E-state index contributed by atoms with van der Waals surface area (Å²) in [5.41, 5.74) is 3.56. The Morgan fingerprint density at radius 3 is 2.73 bits per heavy atom. The fourth-order valence-corrected chi connectivity index (χ4v) is 6.02. The Morgan fingerprint density at radius 1 is 1.09 bits per heavy atom. The maximum absolute atomic E-state index is 5.85. The molecular formula is C20H28O2. The highest BCUT2D eigenvalue weighted by atomic mass is 16.5. The first kappa shape index (κ1) is 14.6. The summed E-state index contributed by atoms with van der Waals surface area (Å²) in [5, 5.41) is 0. The van der Waals surface area contributed by atoms with Gasteiger partial charge in [-0.05, 0) is 85.0 Å². The van der Waals surface area contributed by atoms with E-state index in [2.05, 4.69) is 25.1 Å². The minimum Gasteiger partial charge on any atom is -0.497 e. The number of hydrogen-bond donors (Lipinski definition) is 0. The van der Waals surface area contributed by atoms with Gasteiger partial charge in [-0.25, -0.2) is 0 Å². The number of fused-ring (bicyclic) bond motifs is 5. The van der Waals surface area contributed by atoms with Crippen molar-refractivity contribution in [1.29, 1.82) is 0 Å². The molecule has 0 bridgehead atoms. The SMILES string of the molecule is COc1ccc2c(c1)CC[C@@H]1[C@@H]2CC[C@]2(C)[C@@H](OC)CC[C@H]12. The third-order valence-electron chi connectivity index (χ3n) is 7.13. The molecule has 120 valence electrons. The average Bonchev–Trinajstić information content (AvgIpc) is 2.90. The molecule has 22 heavy (non-hydrogen) atoms. The Morgan fingerprint density at radius 2 is 1.95 bits per heavy atom. The van der Waals surface area contributed by atoms with E-state index in [1.54, 1.807) is 12.7 Å². The Balaban J connectivity index is 1.66. The molecule has 0 amide bonds. The molecule has 0 saturated heterocycles. The first-order valence-electron chi connectivity index (χ1n) is 8.87. The van der Waals surface area contributed by atoms with Crippen LogP contribution in [0.15, 0.2) is 18.2 Å². The fraction of sp³-hybridized carbons (Fsp3) is 0.700. The van der Waals surface area contributed by atoms with Crippen LogP contribution in [-0.2, 0) is 11.2 Å². The molecule has 0 unspecified atom stereocenters. The van der Waals surface area contributed by atoms with Gasteiger partial charge in [-0.1, -0.05) is 13.0 Å². The van der Waals surface area contributed by atoms with E-state index in [9.17, 15) is 0 Å². The molecule has 0 spiro atoms. The van der Waals surface area contributed by atoms with Gasteiger partial charge < -0.3 is 9.47 Å². The van der Waals surface area contributed by atoms with Crippen molar-refractivity contribution in [2.45, 2.75) is 57.5 Å². The number of methoxy groups -OCH3 is 2. The molecule has 2 heteroatoms. The van der Waals surface area contributed by atoms with Gasteiger partial charge >= 0.3 is 0 Å². The summed E-state index contributed by atoms with van der Waals surface area (Å²) in [5.74, 6) is 3.49. The molecule has 0 radical (unpaired) electrons. The minimum atomic E-state index is 0.417. The van der Waals surface area contributed by atoms with Crippen LogP contribution in [0.25, 0.3) is 0 Å². The molecule has 1 aromatic rings. The minimum absolute atomic E-state index is 0.417. The van der Waals surface area contributed by atoms with Gasteiger partial charge in [-0.3, -0.25) is 0 Å². The van der Waals surface area contributed by atoms with Gasteiger partial charge in [-0.15, -0.1) is 0 Å². The largest absolute Gasteiger partial charge is 0.497 e. The predicted molar refractivity (Wildman–Crippen MR) is 88.4 cm³/mol. The van der Waals surface area contributed by atoms with Crippen LogP contribution in [0.5, 0.6) is 5.75 Å². The van der Waals surface area contributed by atoms with Gasteiger partial charge in [-0.2, -0.15) is 0 Å². The molecule has 5 atom stereocenters. The number of ether oxygens (including phenoxy) is 2. The summed E-state index contributed by atoms with van der Waals surface area (Å²) in [6, 6.07) is 6.77. The van der Waals surface area contributed by atoms with E-state index in [0.29, 0.717) is 11.5 Å². The Bertz CT molecular complexity index is 567. The third-order valence-corrected chi connectivity index (χ3v) is 7.13. The zero-order valence-electron chi connectivity index (χ0n) is 14.1. The predicted octanol–water partition coefficient (Wildman–Crippen LogP) is 4.57. The monoisotopic (exact) mass is 300 g/mol. The molecule has 4 rings (SSSR count). The van der Waals surface area contributed by atoms with Crippen LogP contribution in [0.1, 0.15) is 56.1 Å². The fourth-order valence-electron chi connectivity index (χ4n) is 6.02. The molecule has 0 aromatic heterocycles. The summed E-state index contributed by atoms with van der Waals surface area (Å²) in [7, 11) is 3.68.